The molecule has 2 amide bonds. The number of ether oxygens (including phenoxy) is 6. The van der Waals surface area contributed by atoms with Crippen molar-refractivity contribution in [2.45, 2.75) is 46.5 Å². The van der Waals surface area contributed by atoms with Crippen LogP contribution in [0.4, 0.5) is 0 Å². The van der Waals surface area contributed by atoms with E-state index in [0.29, 0.717) is 105 Å². The molecule has 0 aromatic heterocycles. The Kier molecular flexibility index (Phi) is 25.3. The lowest BCUT2D eigenvalue weighted by Crippen LogP contribution is -2.28. The lowest BCUT2D eigenvalue weighted by atomic mass is 10.1. The molecule has 0 aromatic carbocycles. The highest BCUT2D eigenvalue weighted by Crippen LogP contribution is 1.98. The summed E-state index contributed by atoms with van der Waals surface area (Å²) in [5.41, 5.74) is 0. The SMILES string of the molecule is CCCC(=O)NCCOCCOCCOCCOCCNC(=O)CCOCCOCCC(C)C. The van der Waals surface area contributed by atoms with Crippen LogP contribution in [0, 0.1) is 5.92 Å². The first-order valence-electron chi connectivity index (χ1n) is 12.6. The van der Waals surface area contributed by atoms with Gasteiger partial charge in [0, 0.05) is 32.5 Å². The fourth-order valence-electron chi connectivity index (χ4n) is 2.50. The van der Waals surface area contributed by atoms with Gasteiger partial charge in [-0.05, 0) is 18.8 Å². The Labute approximate surface area is 205 Å². The zero-order valence-corrected chi connectivity index (χ0v) is 21.6. The second-order valence-electron chi connectivity index (χ2n) is 8.06. The molecular formula is C24H48N2O8. The second kappa shape index (κ2) is 26.3. The van der Waals surface area contributed by atoms with E-state index < -0.39 is 0 Å². The topological polar surface area (TPSA) is 114 Å². The van der Waals surface area contributed by atoms with Crippen LogP contribution in [0.3, 0.4) is 0 Å². The van der Waals surface area contributed by atoms with E-state index in [1.54, 1.807) is 0 Å². The normalized spacial score (nSPS) is 11.2. The van der Waals surface area contributed by atoms with E-state index >= 15 is 0 Å². The summed E-state index contributed by atoms with van der Waals surface area (Å²) >= 11 is 0. The molecule has 2 N–H and O–H groups in total. The van der Waals surface area contributed by atoms with Gasteiger partial charge in [0.05, 0.1) is 72.7 Å². The van der Waals surface area contributed by atoms with Crippen LogP contribution in [-0.2, 0) is 38.0 Å². The molecule has 0 aliphatic heterocycles. The van der Waals surface area contributed by atoms with Crippen LogP contribution in [0.2, 0.25) is 0 Å². The number of nitrogens with one attached hydrogen (secondary N) is 2. The summed E-state index contributed by atoms with van der Waals surface area (Å²) in [5.74, 6) is 0.646. The Morgan fingerprint density at radius 2 is 0.941 bits per heavy atom. The maximum atomic E-state index is 11.7. The zero-order chi connectivity index (χ0) is 25.1. The smallest absolute Gasteiger partial charge is 0.222 e. The lowest BCUT2D eigenvalue weighted by Gasteiger charge is -2.09. The minimum atomic E-state index is -0.0528. The average molecular weight is 493 g/mol. The summed E-state index contributed by atoms with van der Waals surface area (Å²) in [6.07, 6.45) is 2.77. The molecule has 0 radical (unpaired) electrons. The molecule has 0 spiro atoms. The van der Waals surface area contributed by atoms with Crippen molar-refractivity contribution in [3.05, 3.63) is 0 Å². The lowest BCUT2D eigenvalue weighted by molar-refractivity contribution is -0.123. The van der Waals surface area contributed by atoms with E-state index in [1.807, 2.05) is 6.92 Å². The molecule has 0 saturated carbocycles. The van der Waals surface area contributed by atoms with Crippen molar-refractivity contribution < 1.29 is 38.0 Å². The highest BCUT2D eigenvalue weighted by molar-refractivity contribution is 5.76. The fraction of sp³-hybridized carbons (Fsp3) is 0.917. The van der Waals surface area contributed by atoms with Gasteiger partial charge in [-0.25, -0.2) is 0 Å². The third-order valence-electron chi connectivity index (χ3n) is 4.42. The van der Waals surface area contributed by atoms with Crippen LogP contribution in [-0.4, -0.2) is 104 Å². The molecule has 0 heterocycles. The monoisotopic (exact) mass is 492 g/mol. The van der Waals surface area contributed by atoms with Crippen molar-refractivity contribution in [3.8, 4) is 0 Å². The number of carbonyl (C=O) groups excluding carboxylic acids is 2. The maximum Gasteiger partial charge on any atom is 0.222 e. The van der Waals surface area contributed by atoms with Gasteiger partial charge in [0.25, 0.3) is 0 Å². The van der Waals surface area contributed by atoms with E-state index in [1.165, 1.54) is 0 Å². The summed E-state index contributed by atoms with van der Waals surface area (Å²) in [6, 6.07) is 0. The Bertz CT molecular complexity index is 466. The highest BCUT2D eigenvalue weighted by atomic mass is 16.6. The summed E-state index contributed by atoms with van der Waals surface area (Å²) in [5, 5.41) is 5.58. The largest absolute Gasteiger partial charge is 0.379 e. The molecule has 0 bridgehead atoms. The number of rotatable bonds is 26. The van der Waals surface area contributed by atoms with Crippen LogP contribution in [0.5, 0.6) is 0 Å². The molecule has 0 rings (SSSR count). The van der Waals surface area contributed by atoms with Crippen LogP contribution in [0.15, 0.2) is 0 Å². The Morgan fingerprint density at radius 3 is 1.38 bits per heavy atom. The standard InChI is InChI=1S/C24H48N2O8/c1-4-5-23(27)25-8-12-31-16-18-33-20-21-34-19-17-32-13-9-26-24(28)7-11-30-15-14-29-10-6-22(2)3/h22H,4-21H2,1-3H3,(H,25,27)(H,26,28). The minimum Gasteiger partial charge on any atom is -0.379 e. The van der Waals surface area contributed by atoms with E-state index in [-0.39, 0.29) is 11.8 Å². The molecule has 0 aromatic rings. The fourth-order valence-corrected chi connectivity index (χ4v) is 2.50. The van der Waals surface area contributed by atoms with Gasteiger partial charge in [0.2, 0.25) is 11.8 Å². The van der Waals surface area contributed by atoms with Gasteiger partial charge < -0.3 is 39.1 Å². The Morgan fingerprint density at radius 1 is 0.559 bits per heavy atom. The van der Waals surface area contributed by atoms with Gasteiger partial charge in [-0.2, -0.15) is 0 Å². The zero-order valence-electron chi connectivity index (χ0n) is 21.6. The van der Waals surface area contributed by atoms with Gasteiger partial charge in [-0.3, -0.25) is 9.59 Å². The summed E-state index contributed by atoms with van der Waals surface area (Å²) in [6.45, 7) is 13.3. The van der Waals surface area contributed by atoms with Crippen molar-refractivity contribution in [2.24, 2.45) is 5.92 Å². The van der Waals surface area contributed by atoms with Crippen molar-refractivity contribution in [1.82, 2.24) is 10.6 Å². The van der Waals surface area contributed by atoms with Crippen LogP contribution >= 0.6 is 0 Å². The third-order valence-corrected chi connectivity index (χ3v) is 4.42. The summed E-state index contributed by atoms with van der Waals surface area (Å²) in [4.78, 5) is 23.0. The molecular weight excluding hydrogens is 444 g/mol. The van der Waals surface area contributed by atoms with Crippen LogP contribution in [0.25, 0.3) is 0 Å². The van der Waals surface area contributed by atoms with Gasteiger partial charge in [-0.1, -0.05) is 20.8 Å². The number of hydrogen-bond donors (Lipinski definition) is 2. The summed E-state index contributed by atoms with van der Waals surface area (Å²) < 4.78 is 32.4. The van der Waals surface area contributed by atoms with E-state index in [0.717, 1.165) is 19.4 Å². The molecule has 0 aliphatic rings. The minimum absolute atomic E-state index is 0.0528. The first-order chi connectivity index (χ1) is 16.6. The molecule has 0 aliphatic carbocycles. The number of carbonyl (C=O) groups is 2. The van der Waals surface area contributed by atoms with Gasteiger partial charge >= 0.3 is 0 Å². The third kappa shape index (κ3) is 26.9. The molecule has 0 unspecified atom stereocenters. The van der Waals surface area contributed by atoms with Crippen LogP contribution in [0.1, 0.15) is 46.5 Å². The second-order valence-corrected chi connectivity index (χ2v) is 8.06. The van der Waals surface area contributed by atoms with Crippen molar-refractivity contribution in [2.75, 3.05) is 92.4 Å². The first-order valence-corrected chi connectivity index (χ1v) is 12.6. The predicted octanol–water partition coefficient (Wildman–Crippen LogP) is 1.55. The van der Waals surface area contributed by atoms with E-state index in [2.05, 4.69) is 24.5 Å². The quantitative estimate of drug-likeness (QED) is 0.175. The van der Waals surface area contributed by atoms with Crippen LogP contribution < -0.4 is 10.6 Å². The van der Waals surface area contributed by atoms with Crippen molar-refractivity contribution >= 4 is 11.8 Å². The molecule has 202 valence electrons. The molecule has 10 nitrogen and oxygen atoms in total. The predicted molar refractivity (Wildman–Crippen MR) is 130 cm³/mol. The number of hydrogen-bond acceptors (Lipinski definition) is 8. The Hall–Kier alpha value is -1.30. The highest BCUT2D eigenvalue weighted by Gasteiger charge is 2.01. The molecule has 10 heteroatoms. The Balaban J connectivity index is 3.18. The summed E-state index contributed by atoms with van der Waals surface area (Å²) in [7, 11) is 0. The van der Waals surface area contributed by atoms with Gasteiger partial charge in [-0.15, -0.1) is 0 Å². The first kappa shape index (κ1) is 32.7. The average Bonchev–Trinajstić information content (AvgIpc) is 2.80. The maximum absolute atomic E-state index is 11.7. The molecule has 0 atom stereocenters. The molecule has 0 saturated heterocycles. The van der Waals surface area contributed by atoms with E-state index in [4.69, 9.17) is 28.4 Å². The van der Waals surface area contributed by atoms with Gasteiger partial charge in [0.15, 0.2) is 0 Å². The van der Waals surface area contributed by atoms with Gasteiger partial charge in [0.1, 0.15) is 0 Å². The van der Waals surface area contributed by atoms with E-state index in [9.17, 15) is 9.59 Å². The van der Waals surface area contributed by atoms with Crippen molar-refractivity contribution in [3.63, 3.8) is 0 Å². The van der Waals surface area contributed by atoms with Crippen molar-refractivity contribution in [1.29, 1.82) is 0 Å². The molecule has 34 heavy (non-hydrogen) atoms. The molecule has 0 fully saturated rings. The number of amides is 2.